The van der Waals surface area contributed by atoms with Gasteiger partial charge in [0.2, 0.25) is 0 Å². The molecule has 0 aliphatic rings. The molecule has 0 spiro atoms. The lowest BCUT2D eigenvalue weighted by atomic mass is 10.2. The molecule has 0 saturated heterocycles. The van der Waals surface area contributed by atoms with Crippen LogP contribution in [-0.2, 0) is 6.54 Å². The van der Waals surface area contributed by atoms with Gasteiger partial charge in [0.15, 0.2) is 11.5 Å². The molecular weight excluding hydrogens is 302 g/mol. The Bertz CT molecular complexity index is 614. The van der Waals surface area contributed by atoms with E-state index in [2.05, 4.69) is 5.32 Å². The van der Waals surface area contributed by atoms with Crippen LogP contribution in [0.1, 0.15) is 18.9 Å². The second kappa shape index (κ2) is 7.80. The van der Waals surface area contributed by atoms with Gasteiger partial charge in [-0.3, -0.25) is 0 Å². The third-order valence-corrected chi connectivity index (χ3v) is 3.38. The van der Waals surface area contributed by atoms with Crippen LogP contribution in [0.25, 0.3) is 0 Å². The standard InChI is InChI=1S/C17H20ClNO3/c1-3-8-22-17-15(18)9-12(10-16(17)21-2)11-19-13-4-6-14(20)7-5-13/h4-7,9-10,19-20H,3,8,11H2,1-2H3. The Kier molecular flexibility index (Phi) is 5.78. The van der Waals surface area contributed by atoms with Crippen molar-refractivity contribution in [2.75, 3.05) is 19.0 Å². The fraction of sp³-hybridized carbons (Fsp3) is 0.294. The zero-order valence-electron chi connectivity index (χ0n) is 12.7. The normalized spacial score (nSPS) is 10.3. The second-order valence-electron chi connectivity index (χ2n) is 4.86. The van der Waals surface area contributed by atoms with E-state index in [1.54, 1.807) is 19.2 Å². The highest BCUT2D eigenvalue weighted by Gasteiger charge is 2.11. The second-order valence-corrected chi connectivity index (χ2v) is 5.27. The van der Waals surface area contributed by atoms with Gasteiger partial charge in [-0.1, -0.05) is 18.5 Å². The van der Waals surface area contributed by atoms with Crippen LogP contribution in [0, 0.1) is 0 Å². The molecule has 0 fully saturated rings. The molecule has 4 nitrogen and oxygen atoms in total. The van der Waals surface area contributed by atoms with E-state index in [4.69, 9.17) is 21.1 Å². The minimum absolute atomic E-state index is 0.243. The minimum Gasteiger partial charge on any atom is -0.508 e. The predicted molar refractivity (Wildman–Crippen MR) is 89.2 cm³/mol. The van der Waals surface area contributed by atoms with Crippen molar-refractivity contribution in [1.29, 1.82) is 0 Å². The molecule has 0 amide bonds. The number of nitrogens with one attached hydrogen (secondary N) is 1. The highest BCUT2D eigenvalue weighted by Crippen LogP contribution is 2.36. The lowest BCUT2D eigenvalue weighted by Gasteiger charge is -2.14. The summed E-state index contributed by atoms with van der Waals surface area (Å²) in [5.41, 5.74) is 1.90. The van der Waals surface area contributed by atoms with Crippen LogP contribution in [0.3, 0.4) is 0 Å². The molecular formula is C17H20ClNO3. The average Bonchev–Trinajstić information content (AvgIpc) is 2.53. The van der Waals surface area contributed by atoms with Crippen LogP contribution in [0.2, 0.25) is 5.02 Å². The molecule has 0 aliphatic heterocycles. The maximum Gasteiger partial charge on any atom is 0.179 e. The third-order valence-electron chi connectivity index (χ3n) is 3.10. The average molecular weight is 322 g/mol. The van der Waals surface area contributed by atoms with E-state index < -0.39 is 0 Å². The van der Waals surface area contributed by atoms with E-state index in [0.29, 0.717) is 29.7 Å². The summed E-state index contributed by atoms with van der Waals surface area (Å²) in [5.74, 6) is 1.45. The van der Waals surface area contributed by atoms with Crippen LogP contribution in [0.5, 0.6) is 17.2 Å². The first-order valence-corrected chi connectivity index (χ1v) is 7.54. The Morgan fingerprint density at radius 1 is 1.18 bits per heavy atom. The highest BCUT2D eigenvalue weighted by molar-refractivity contribution is 6.32. The number of halogens is 1. The molecule has 2 aromatic rings. The van der Waals surface area contributed by atoms with E-state index in [1.165, 1.54) is 0 Å². The first-order valence-electron chi connectivity index (χ1n) is 7.16. The van der Waals surface area contributed by atoms with Crippen LogP contribution in [0.15, 0.2) is 36.4 Å². The lowest BCUT2D eigenvalue weighted by molar-refractivity contribution is 0.294. The van der Waals surface area contributed by atoms with E-state index in [1.807, 2.05) is 31.2 Å². The van der Waals surface area contributed by atoms with Gasteiger partial charge >= 0.3 is 0 Å². The Hall–Kier alpha value is -2.07. The summed E-state index contributed by atoms with van der Waals surface area (Å²) in [6.07, 6.45) is 0.906. The topological polar surface area (TPSA) is 50.7 Å². The van der Waals surface area contributed by atoms with Gasteiger partial charge in [-0.2, -0.15) is 0 Å². The number of hydrogen-bond acceptors (Lipinski definition) is 4. The number of aromatic hydroxyl groups is 1. The van der Waals surface area contributed by atoms with Crippen molar-refractivity contribution >= 4 is 17.3 Å². The number of benzene rings is 2. The summed E-state index contributed by atoms with van der Waals surface area (Å²) in [6.45, 7) is 3.23. The third kappa shape index (κ3) is 4.21. The number of hydrogen-bond donors (Lipinski definition) is 2. The fourth-order valence-electron chi connectivity index (χ4n) is 2.00. The smallest absolute Gasteiger partial charge is 0.179 e. The largest absolute Gasteiger partial charge is 0.508 e. The molecule has 5 heteroatoms. The van der Waals surface area contributed by atoms with Gasteiger partial charge in [0, 0.05) is 12.2 Å². The van der Waals surface area contributed by atoms with Crippen molar-refractivity contribution in [2.24, 2.45) is 0 Å². The Morgan fingerprint density at radius 3 is 2.55 bits per heavy atom. The van der Waals surface area contributed by atoms with E-state index >= 15 is 0 Å². The molecule has 0 heterocycles. The first-order chi connectivity index (χ1) is 10.6. The van der Waals surface area contributed by atoms with Crippen molar-refractivity contribution in [2.45, 2.75) is 19.9 Å². The van der Waals surface area contributed by atoms with Crippen molar-refractivity contribution in [3.8, 4) is 17.2 Å². The number of phenolic OH excluding ortho intramolecular Hbond substituents is 1. The molecule has 0 radical (unpaired) electrons. The van der Waals surface area contributed by atoms with Crippen molar-refractivity contribution < 1.29 is 14.6 Å². The van der Waals surface area contributed by atoms with Crippen LogP contribution < -0.4 is 14.8 Å². The van der Waals surface area contributed by atoms with Crippen molar-refractivity contribution in [1.82, 2.24) is 0 Å². The van der Waals surface area contributed by atoms with Gasteiger partial charge in [0.1, 0.15) is 5.75 Å². The van der Waals surface area contributed by atoms with Gasteiger partial charge in [0.05, 0.1) is 18.7 Å². The number of rotatable bonds is 7. The molecule has 0 saturated carbocycles. The molecule has 0 aliphatic carbocycles. The molecule has 0 aromatic heterocycles. The van der Waals surface area contributed by atoms with E-state index in [-0.39, 0.29) is 5.75 Å². The highest BCUT2D eigenvalue weighted by atomic mass is 35.5. The molecule has 2 rings (SSSR count). The minimum atomic E-state index is 0.243. The molecule has 2 N–H and O–H groups in total. The summed E-state index contributed by atoms with van der Waals surface area (Å²) in [5, 5.41) is 13.1. The van der Waals surface area contributed by atoms with Gasteiger partial charge in [-0.25, -0.2) is 0 Å². The monoisotopic (exact) mass is 321 g/mol. The quantitative estimate of drug-likeness (QED) is 0.739. The fourth-order valence-corrected chi connectivity index (χ4v) is 2.29. The SMILES string of the molecule is CCCOc1c(Cl)cc(CNc2ccc(O)cc2)cc1OC. The molecule has 0 unspecified atom stereocenters. The van der Waals surface area contributed by atoms with Crippen molar-refractivity contribution in [3.05, 3.63) is 47.0 Å². The number of methoxy groups -OCH3 is 1. The maximum absolute atomic E-state index is 9.27. The first kappa shape index (κ1) is 16.3. The summed E-state index contributed by atoms with van der Waals surface area (Å²) in [4.78, 5) is 0. The van der Waals surface area contributed by atoms with Crippen LogP contribution in [-0.4, -0.2) is 18.8 Å². The van der Waals surface area contributed by atoms with Gasteiger partial charge in [-0.05, 0) is 48.4 Å². The molecule has 0 bridgehead atoms. The van der Waals surface area contributed by atoms with E-state index in [9.17, 15) is 5.11 Å². The van der Waals surface area contributed by atoms with E-state index in [0.717, 1.165) is 17.7 Å². The Labute approximate surface area is 135 Å². The molecule has 118 valence electrons. The molecule has 2 aromatic carbocycles. The summed E-state index contributed by atoms with van der Waals surface area (Å²) < 4.78 is 11.0. The maximum atomic E-state index is 9.27. The summed E-state index contributed by atoms with van der Waals surface area (Å²) >= 11 is 6.29. The lowest BCUT2D eigenvalue weighted by Crippen LogP contribution is -2.02. The predicted octanol–water partition coefficient (Wildman–Crippen LogP) is 4.46. The van der Waals surface area contributed by atoms with Gasteiger partial charge in [-0.15, -0.1) is 0 Å². The zero-order valence-corrected chi connectivity index (χ0v) is 13.5. The zero-order chi connectivity index (χ0) is 15.9. The van der Waals surface area contributed by atoms with Crippen LogP contribution >= 0.6 is 11.6 Å². The van der Waals surface area contributed by atoms with Crippen LogP contribution in [0.4, 0.5) is 5.69 Å². The molecule has 22 heavy (non-hydrogen) atoms. The molecule has 0 atom stereocenters. The number of anilines is 1. The summed E-state index contributed by atoms with van der Waals surface area (Å²) in [7, 11) is 1.60. The Balaban J connectivity index is 2.11. The summed E-state index contributed by atoms with van der Waals surface area (Å²) in [6, 6.07) is 10.7. The number of phenols is 1. The van der Waals surface area contributed by atoms with Gasteiger partial charge < -0.3 is 19.9 Å². The Morgan fingerprint density at radius 2 is 1.91 bits per heavy atom. The number of ether oxygens (including phenoxy) is 2. The van der Waals surface area contributed by atoms with Crippen molar-refractivity contribution in [3.63, 3.8) is 0 Å². The van der Waals surface area contributed by atoms with Gasteiger partial charge in [0.25, 0.3) is 0 Å².